The number of benzene rings is 2. The highest BCUT2D eigenvalue weighted by molar-refractivity contribution is 6.05. The number of methoxy groups -OCH3 is 1. The molecule has 4 nitrogen and oxygen atoms in total. The van der Waals surface area contributed by atoms with E-state index in [1.165, 1.54) is 5.56 Å². The first kappa shape index (κ1) is 17.7. The molecule has 0 spiro atoms. The van der Waals surface area contributed by atoms with Crippen LogP contribution in [0.3, 0.4) is 0 Å². The average molecular weight is 346 g/mol. The van der Waals surface area contributed by atoms with Crippen LogP contribution >= 0.6 is 0 Å². The van der Waals surface area contributed by atoms with Crippen molar-refractivity contribution in [1.29, 1.82) is 0 Å². The minimum absolute atomic E-state index is 0.109. The summed E-state index contributed by atoms with van der Waals surface area (Å²) in [6, 6.07) is 21.1. The summed E-state index contributed by atoms with van der Waals surface area (Å²) in [5.41, 5.74) is 2.90. The van der Waals surface area contributed by atoms with Gasteiger partial charge in [-0.2, -0.15) is 0 Å². The lowest BCUT2D eigenvalue weighted by Gasteiger charge is -2.22. The lowest BCUT2D eigenvalue weighted by molar-refractivity contribution is 0.0984. The van der Waals surface area contributed by atoms with Crippen molar-refractivity contribution in [2.45, 2.75) is 19.9 Å². The van der Waals surface area contributed by atoms with Gasteiger partial charge in [0.15, 0.2) is 0 Å². The van der Waals surface area contributed by atoms with Gasteiger partial charge in [0.25, 0.3) is 5.91 Å². The summed E-state index contributed by atoms with van der Waals surface area (Å²) in [6.45, 7) is 2.58. The van der Waals surface area contributed by atoms with Crippen molar-refractivity contribution in [2.24, 2.45) is 0 Å². The molecular formula is C22H22N2O2. The number of aromatic nitrogens is 1. The largest absolute Gasteiger partial charge is 0.497 e. The zero-order valence-electron chi connectivity index (χ0n) is 15.1. The predicted molar refractivity (Wildman–Crippen MR) is 104 cm³/mol. The van der Waals surface area contributed by atoms with Crippen LogP contribution in [0.15, 0.2) is 72.9 Å². The molecule has 0 saturated heterocycles. The predicted octanol–water partition coefficient (Wildman–Crippen LogP) is 4.50. The van der Waals surface area contributed by atoms with E-state index in [-0.39, 0.29) is 5.91 Å². The number of ether oxygens (including phenoxy) is 1. The molecular weight excluding hydrogens is 324 g/mol. The van der Waals surface area contributed by atoms with Crippen LogP contribution in [-0.2, 0) is 13.0 Å². The molecule has 0 aliphatic carbocycles. The van der Waals surface area contributed by atoms with Gasteiger partial charge in [0, 0.05) is 11.8 Å². The van der Waals surface area contributed by atoms with E-state index in [1.807, 2.05) is 30.3 Å². The van der Waals surface area contributed by atoms with Crippen molar-refractivity contribution in [2.75, 3.05) is 12.0 Å². The van der Waals surface area contributed by atoms with Crippen molar-refractivity contribution < 1.29 is 9.53 Å². The Balaban J connectivity index is 1.93. The highest BCUT2D eigenvalue weighted by Gasteiger charge is 2.19. The van der Waals surface area contributed by atoms with Crippen LogP contribution in [0.1, 0.15) is 28.4 Å². The SMILES string of the molecule is CCc1ccc(CN(C(=O)c2cccc(OC)c2)c2ccccn2)cc1. The van der Waals surface area contributed by atoms with Crippen LogP contribution in [0.25, 0.3) is 0 Å². The highest BCUT2D eigenvalue weighted by atomic mass is 16.5. The van der Waals surface area contributed by atoms with Gasteiger partial charge in [0.1, 0.15) is 11.6 Å². The Morgan fingerprint density at radius 1 is 1.00 bits per heavy atom. The van der Waals surface area contributed by atoms with Crippen molar-refractivity contribution in [3.8, 4) is 5.75 Å². The Hall–Kier alpha value is -3.14. The summed E-state index contributed by atoms with van der Waals surface area (Å²) in [4.78, 5) is 19.2. The quantitative estimate of drug-likeness (QED) is 0.660. The van der Waals surface area contributed by atoms with E-state index in [2.05, 4.69) is 36.2 Å². The van der Waals surface area contributed by atoms with Crippen molar-refractivity contribution in [3.63, 3.8) is 0 Å². The monoisotopic (exact) mass is 346 g/mol. The number of amides is 1. The molecule has 1 amide bonds. The van der Waals surface area contributed by atoms with Crippen LogP contribution < -0.4 is 9.64 Å². The molecule has 0 fully saturated rings. The summed E-state index contributed by atoms with van der Waals surface area (Å²) >= 11 is 0. The Bertz CT molecular complexity index is 861. The first-order valence-electron chi connectivity index (χ1n) is 8.66. The van der Waals surface area contributed by atoms with E-state index in [0.29, 0.717) is 23.7 Å². The molecule has 3 aromatic rings. The van der Waals surface area contributed by atoms with E-state index < -0.39 is 0 Å². The van der Waals surface area contributed by atoms with E-state index in [0.717, 1.165) is 12.0 Å². The second-order valence-corrected chi connectivity index (χ2v) is 5.98. The zero-order valence-corrected chi connectivity index (χ0v) is 15.1. The molecule has 0 aliphatic heterocycles. The molecule has 132 valence electrons. The van der Waals surface area contributed by atoms with Gasteiger partial charge >= 0.3 is 0 Å². The molecule has 1 heterocycles. The zero-order chi connectivity index (χ0) is 18.4. The standard InChI is InChI=1S/C22H22N2O2/c1-3-17-10-12-18(13-11-17)16-24(21-9-4-5-14-23-21)22(25)19-7-6-8-20(15-19)26-2/h4-15H,3,16H2,1-2H3. The summed E-state index contributed by atoms with van der Waals surface area (Å²) in [7, 11) is 1.59. The molecule has 4 heteroatoms. The molecule has 1 aromatic heterocycles. The number of nitrogens with zero attached hydrogens (tertiary/aromatic N) is 2. The second-order valence-electron chi connectivity index (χ2n) is 5.98. The Morgan fingerprint density at radius 3 is 2.42 bits per heavy atom. The molecule has 2 aromatic carbocycles. The summed E-state index contributed by atoms with van der Waals surface area (Å²) in [6.07, 6.45) is 2.69. The number of carbonyl (C=O) groups is 1. The fourth-order valence-electron chi connectivity index (χ4n) is 2.75. The number of rotatable bonds is 6. The maximum atomic E-state index is 13.2. The van der Waals surface area contributed by atoms with E-state index in [1.54, 1.807) is 30.3 Å². The van der Waals surface area contributed by atoms with Crippen LogP contribution in [0.4, 0.5) is 5.82 Å². The van der Waals surface area contributed by atoms with E-state index in [4.69, 9.17) is 4.74 Å². The lowest BCUT2D eigenvalue weighted by Crippen LogP contribution is -2.31. The van der Waals surface area contributed by atoms with Gasteiger partial charge in [-0.3, -0.25) is 9.69 Å². The molecule has 0 bridgehead atoms. The third kappa shape index (κ3) is 4.09. The molecule has 26 heavy (non-hydrogen) atoms. The van der Waals surface area contributed by atoms with Crippen molar-refractivity contribution in [1.82, 2.24) is 4.98 Å². The van der Waals surface area contributed by atoms with Gasteiger partial charge in [-0.25, -0.2) is 4.98 Å². The molecule has 0 atom stereocenters. The Labute approximate surface area is 154 Å². The van der Waals surface area contributed by atoms with Gasteiger partial charge in [-0.1, -0.05) is 43.3 Å². The topological polar surface area (TPSA) is 42.4 Å². The number of carbonyl (C=O) groups excluding carboxylic acids is 1. The summed E-state index contributed by atoms with van der Waals surface area (Å²) in [5, 5.41) is 0. The number of hydrogen-bond acceptors (Lipinski definition) is 3. The number of aryl methyl sites for hydroxylation is 1. The minimum atomic E-state index is -0.109. The van der Waals surface area contributed by atoms with Crippen molar-refractivity contribution >= 4 is 11.7 Å². The maximum Gasteiger partial charge on any atom is 0.259 e. The number of hydrogen-bond donors (Lipinski definition) is 0. The maximum absolute atomic E-state index is 13.2. The molecule has 0 radical (unpaired) electrons. The third-order valence-corrected chi connectivity index (χ3v) is 4.26. The Kier molecular flexibility index (Phi) is 5.64. The fourth-order valence-corrected chi connectivity index (χ4v) is 2.75. The number of pyridine rings is 1. The van der Waals surface area contributed by atoms with E-state index in [9.17, 15) is 4.79 Å². The summed E-state index contributed by atoms with van der Waals surface area (Å²) in [5.74, 6) is 1.17. The van der Waals surface area contributed by atoms with Crippen LogP contribution in [0.5, 0.6) is 5.75 Å². The van der Waals surface area contributed by atoms with Crippen LogP contribution in [-0.4, -0.2) is 18.0 Å². The molecule has 0 unspecified atom stereocenters. The van der Waals surface area contributed by atoms with Crippen LogP contribution in [0.2, 0.25) is 0 Å². The number of anilines is 1. The summed E-state index contributed by atoms with van der Waals surface area (Å²) < 4.78 is 5.25. The Morgan fingerprint density at radius 2 is 1.77 bits per heavy atom. The van der Waals surface area contributed by atoms with Gasteiger partial charge in [-0.05, 0) is 47.9 Å². The highest BCUT2D eigenvalue weighted by Crippen LogP contribution is 2.20. The normalized spacial score (nSPS) is 10.4. The molecule has 3 rings (SSSR count). The molecule has 0 saturated carbocycles. The first-order valence-corrected chi connectivity index (χ1v) is 8.66. The van der Waals surface area contributed by atoms with Gasteiger partial charge in [0.05, 0.1) is 13.7 Å². The van der Waals surface area contributed by atoms with Gasteiger partial charge < -0.3 is 4.74 Å². The molecule has 0 aliphatic rings. The smallest absolute Gasteiger partial charge is 0.259 e. The fraction of sp³-hybridized carbons (Fsp3) is 0.182. The average Bonchev–Trinajstić information content (AvgIpc) is 2.72. The second kappa shape index (κ2) is 8.30. The lowest BCUT2D eigenvalue weighted by atomic mass is 10.1. The van der Waals surface area contributed by atoms with Crippen LogP contribution in [0, 0.1) is 0 Å². The first-order chi connectivity index (χ1) is 12.7. The minimum Gasteiger partial charge on any atom is -0.497 e. The van der Waals surface area contributed by atoms with Crippen molar-refractivity contribution in [3.05, 3.63) is 89.6 Å². The van der Waals surface area contributed by atoms with E-state index >= 15 is 0 Å². The van der Waals surface area contributed by atoms with Gasteiger partial charge in [-0.15, -0.1) is 0 Å². The third-order valence-electron chi connectivity index (χ3n) is 4.26. The molecule has 0 N–H and O–H groups in total. The van der Waals surface area contributed by atoms with Gasteiger partial charge in [0.2, 0.25) is 0 Å².